The number of aromatic nitrogens is 5. The Bertz CT molecular complexity index is 1430. The summed E-state index contributed by atoms with van der Waals surface area (Å²) >= 11 is 0. The summed E-state index contributed by atoms with van der Waals surface area (Å²) in [4.78, 5) is 36.9. The lowest BCUT2D eigenvalue weighted by Gasteiger charge is -2.29. The molecule has 3 aromatic heterocycles. The molecule has 1 saturated heterocycles. The lowest BCUT2D eigenvalue weighted by atomic mass is 10.1. The Labute approximate surface area is 214 Å². The lowest BCUT2D eigenvalue weighted by Crippen LogP contribution is -2.31. The first-order chi connectivity index (χ1) is 18.0. The topological polar surface area (TPSA) is 132 Å². The van der Waals surface area contributed by atoms with Crippen molar-refractivity contribution < 1.29 is 9.59 Å². The van der Waals surface area contributed by atoms with Gasteiger partial charge in [-0.05, 0) is 70.1 Å². The molecule has 10 heteroatoms. The van der Waals surface area contributed by atoms with Crippen LogP contribution >= 0.6 is 0 Å². The highest BCUT2D eigenvalue weighted by atomic mass is 16.1. The van der Waals surface area contributed by atoms with Crippen LogP contribution in [0.15, 0.2) is 55.0 Å². The lowest BCUT2D eigenvalue weighted by molar-refractivity contribution is -0.103. The maximum Gasteiger partial charge on any atom is 0.256 e. The summed E-state index contributed by atoms with van der Waals surface area (Å²) < 4.78 is 2.00. The van der Waals surface area contributed by atoms with Crippen molar-refractivity contribution in [3.63, 3.8) is 0 Å². The second kappa shape index (κ2) is 11.9. The zero-order valence-electron chi connectivity index (χ0n) is 20.8. The van der Waals surface area contributed by atoms with Crippen molar-refractivity contribution in [1.82, 2.24) is 29.6 Å². The number of rotatable bonds is 4. The van der Waals surface area contributed by atoms with E-state index in [4.69, 9.17) is 10.8 Å². The van der Waals surface area contributed by atoms with Gasteiger partial charge in [-0.3, -0.25) is 9.59 Å². The minimum Gasteiger partial charge on any atom is -0.383 e. The molecule has 5 rings (SSSR count). The van der Waals surface area contributed by atoms with Crippen molar-refractivity contribution >= 4 is 34.9 Å². The first-order valence-electron chi connectivity index (χ1n) is 11.9. The van der Waals surface area contributed by atoms with Gasteiger partial charge in [-0.2, -0.15) is 5.10 Å². The number of hydrogen-bond acceptors (Lipinski definition) is 8. The normalized spacial score (nSPS) is 13.7. The average molecular weight is 497 g/mol. The third-order valence-electron chi connectivity index (χ3n) is 6.08. The van der Waals surface area contributed by atoms with Crippen LogP contribution < -0.4 is 11.1 Å². The number of benzene rings is 1. The monoisotopic (exact) mass is 496 g/mol. The van der Waals surface area contributed by atoms with E-state index in [-0.39, 0.29) is 11.9 Å². The first kappa shape index (κ1) is 25.5. The zero-order chi connectivity index (χ0) is 26.2. The Hall–Kier alpha value is -4.62. The highest BCUT2D eigenvalue weighted by Gasteiger charge is 2.25. The fraction of sp³-hybridized carbons (Fsp3) is 0.259. The molecule has 0 spiro atoms. The van der Waals surface area contributed by atoms with Crippen LogP contribution in [-0.4, -0.2) is 62.0 Å². The molecule has 0 atom stereocenters. The van der Waals surface area contributed by atoms with Crippen LogP contribution in [0.5, 0.6) is 0 Å². The Morgan fingerprint density at radius 1 is 1.11 bits per heavy atom. The van der Waals surface area contributed by atoms with Gasteiger partial charge in [0, 0.05) is 17.3 Å². The van der Waals surface area contributed by atoms with Crippen molar-refractivity contribution in [1.29, 1.82) is 0 Å². The van der Waals surface area contributed by atoms with Crippen LogP contribution in [0.25, 0.3) is 22.3 Å². The molecule has 0 saturated carbocycles. The van der Waals surface area contributed by atoms with E-state index >= 15 is 0 Å². The Morgan fingerprint density at radius 3 is 2.49 bits per heavy atom. The van der Waals surface area contributed by atoms with Crippen LogP contribution in [0, 0.1) is 11.8 Å². The van der Waals surface area contributed by atoms with E-state index in [1.165, 1.54) is 6.33 Å². The van der Waals surface area contributed by atoms with E-state index in [0.29, 0.717) is 23.5 Å². The standard InChI is InChI=1S/C23H24N8O.C4H4O/c1-30-12-9-17(10-13-30)31-22-19(21(24)26-14-27-22)20(29-31)15-5-7-16(8-6-15)23(32)28-18-4-2-3-11-25-18;1-2-3-4-5/h2-8,11,14,17H,9-10,12-13H2,1H3,(H2,24,26,27)(H,25,28,32);4H,1H3. The summed E-state index contributed by atoms with van der Waals surface area (Å²) in [5, 5.41) is 8.46. The van der Waals surface area contributed by atoms with Crippen LogP contribution in [0.3, 0.4) is 0 Å². The summed E-state index contributed by atoms with van der Waals surface area (Å²) in [7, 11) is 2.13. The molecular formula is C27H28N8O2. The van der Waals surface area contributed by atoms with Gasteiger partial charge in [-0.15, -0.1) is 0 Å². The quantitative estimate of drug-likeness (QED) is 0.325. The number of likely N-dealkylation sites (tertiary alicyclic amines) is 1. The molecule has 0 aliphatic carbocycles. The fourth-order valence-electron chi connectivity index (χ4n) is 4.16. The van der Waals surface area contributed by atoms with Crippen LogP contribution in [0.4, 0.5) is 11.6 Å². The van der Waals surface area contributed by atoms with Gasteiger partial charge in [-0.25, -0.2) is 19.6 Å². The van der Waals surface area contributed by atoms with E-state index in [1.54, 1.807) is 37.4 Å². The minimum absolute atomic E-state index is 0.222. The maximum absolute atomic E-state index is 12.6. The molecule has 0 bridgehead atoms. The number of carbonyl (C=O) groups excluding carboxylic acids is 2. The molecule has 10 nitrogen and oxygen atoms in total. The number of piperidine rings is 1. The Kier molecular flexibility index (Phi) is 8.18. The molecule has 3 N–H and O–H groups in total. The number of carbonyl (C=O) groups is 2. The highest BCUT2D eigenvalue weighted by molar-refractivity contribution is 6.04. The molecule has 4 heterocycles. The highest BCUT2D eigenvalue weighted by Crippen LogP contribution is 2.34. The van der Waals surface area contributed by atoms with E-state index in [2.05, 4.69) is 44.1 Å². The first-order valence-corrected chi connectivity index (χ1v) is 11.9. The molecule has 4 aromatic rings. The summed E-state index contributed by atoms with van der Waals surface area (Å²) in [6, 6.07) is 12.9. The predicted molar refractivity (Wildman–Crippen MR) is 143 cm³/mol. The van der Waals surface area contributed by atoms with E-state index in [1.807, 2.05) is 22.9 Å². The SMILES string of the molecule is CC#CC=O.CN1CCC(n2nc(-c3ccc(C(=O)Nc4ccccn4)cc3)c3c(N)ncnc32)CC1. The van der Waals surface area contributed by atoms with Crippen LogP contribution in [-0.2, 0) is 4.79 Å². The molecule has 1 fully saturated rings. The summed E-state index contributed by atoms with van der Waals surface area (Å²) in [5.41, 5.74) is 9.11. The maximum atomic E-state index is 12.6. The molecule has 1 aromatic carbocycles. The third kappa shape index (κ3) is 5.97. The molecule has 37 heavy (non-hydrogen) atoms. The predicted octanol–water partition coefficient (Wildman–Crippen LogP) is 3.20. The van der Waals surface area contributed by atoms with Gasteiger partial charge >= 0.3 is 0 Å². The number of fused-ring (bicyclic) bond motifs is 1. The number of nitrogens with one attached hydrogen (secondary N) is 1. The minimum atomic E-state index is -0.222. The number of anilines is 2. The number of nitrogen functional groups attached to an aromatic ring is 1. The number of nitrogens with two attached hydrogens (primary N) is 1. The number of nitrogens with zero attached hydrogens (tertiary/aromatic N) is 6. The van der Waals surface area contributed by atoms with Crippen molar-refractivity contribution in [2.75, 3.05) is 31.2 Å². The number of aldehydes is 1. The van der Waals surface area contributed by atoms with Crippen LogP contribution in [0.2, 0.25) is 0 Å². The van der Waals surface area contributed by atoms with Gasteiger partial charge in [0.05, 0.1) is 11.4 Å². The second-order valence-corrected chi connectivity index (χ2v) is 8.54. The Morgan fingerprint density at radius 2 is 1.86 bits per heavy atom. The smallest absolute Gasteiger partial charge is 0.256 e. The van der Waals surface area contributed by atoms with E-state index in [9.17, 15) is 9.59 Å². The summed E-state index contributed by atoms with van der Waals surface area (Å²) in [6.07, 6.45) is 5.70. The van der Waals surface area contributed by atoms with E-state index < -0.39 is 0 Å². The van der Waals surface area contributed by atoms with Crippen LogP contribution in [0.1, 0.15) is 36.2 Å². The van der Waals surface area contributed by atoms with Gasteiger partial charge in [0.15, 0.2) is 11.9 Å². The average Bonchev–Trinajstić information content (AvgIpc) is 3.32. The molecular weight excluding hydrogens is 468 g/mol. The zero-order valence-corrected chi connectivity index (χ0v) is 20.8. The van der Waals surface area contributed by atoms with Gasteiger partial charge in [0.25, 0.3) is 5.91 Å². The second-order valence-electron chi connectivity index (χ2n) is 8.54. The van der Waals surface area contributed by atoms with Crippen molar-refractivity contribution in [2.24, 2.45) is 0 Å². The summed E-state index contributed by atoms with van der Waals surface area (Å²) in [6.45, 7) is 3.65. The largest absolute Gasteiger partial charge is 0.383 e. The molecule has 1 aliphatic heterocycles. The third-order valence-corrected chi connectivity index (χ3v) is 6.08. The molecule has 0 unspecified atom stereocenters. The van der Waals surface area contributed by atoms with Gasteiger partial charge < -0.3 is 16.0 Å². The Balaban J connectivity index is 0.000000586. The number of hydrogen-bond donors (Lipinski definition) is 2. The fourth-order valence-corrected chi connectivity index (χ4v) is 4.16. The van der Waals surface area contributed by atoms with Crippen molar-refractivity contribution in [2.45, 2.75) is 25.8 Å². The molecule has 1 amide bonds. The van der Waals surface area contributed by atoms with Crippen molar-refractivity contribution in [3.05, 3.63) is 60.6 Å². The van der Waals surface area contributed by atoms with Gasteiger partial charge in [0.1, 0.15) is 23.7 Å². The molecule has 1 aliphatic rings. The van der Waals surface area contributed by atoms with Gasteiger partial charge in [0.2, 0.25) is 0 Å². The van der Waals surface area contributed by atoms with E-state index in [0.717, 1.165) is 48.2 Å². The molecule has 0 radical (unpaired) electrons. The van der Waals surface area contributed by atoms with Crippen molar-refractivity contribution in [3.8, 4) is 23.1 Å². The number of pyridine rings is 1. The molecule has 188 valence electrons. The number of amides is 1. The van der Waals surface area contributed by atoms with Gasteiger partial charge in [-0.1, -0.05) is 24.1 Å². The summed E-state index contributed by atoms with van der Waals surface area (Å²) in [5.74, 6) is 5.27.